The molecule has 102 valence electrons. The summed E-state index contributed by atoms with van der Waals surface area (Å²) >= 11 is 3.15. The van der Waals surface area contributed by atoms with E-state index >= 15 is 0 Å². The average Bonchev–Trinajstić information content (AvgIpc) is 2.83. The molecule has 19 heavy (non-hydrogen) atoms. The Balaban J connectivity index is 2.18. The van der Waals surface area contributed by atoms with E-state index in [4.69, 9.17) is 0 Å². The summed E-state index contributed by atoms with van der Waals surface area (Å²) < 4.78 is 15.5. The summed E-state index contributed by atoms with van der Waals surface area (Å²) in [7, 11) is 0. The van der Waals surface area contributed by atoms with Gasteiger partial charge in [-0.1, -0.05) is 6.07 Å². The molecule has 0 radical (unpaired) electrons. The summed E-state index contributed by atoms with van der Waals surface area (Å²) in [5.41, 5.74) is 1.65. The van der Waals surface area contributed by atoms with Crippen LogP contribution < -0.4 is 0 Å². The number of nitrogens with zero attached hydrogens (tertiary/aromatic N) is 2. The topological polar surface area (TPSA) is 38.0 Å². The largest absolute Gasteiger partial charge is 0.386 e. The summed E-state index contributed by atoms with van der Waals surface area (Å²) in [5, 5.41) is 10.3. The van der Waals surface area contributed by atoms with Crippen molar-refractivity contribution in [3.05, 3.63) is 52.3 Å². The lowest BCUT2D eigenvalue weighted by Gasteiger charge is -2.16. The Morgan fingerprint density at radius 1 is 1.42 bits per heavy atom. The number of aliphatic hydroxyl groups excluding tert-OH is 1. The van der Waals surface area contributed by atoms with Crippen molar-refractivity contribution >= 4 is 15.9 Å². The number of aliphatic hydroxyl groups is 1. The molecule has 0 saturated heterocycles. The van der Waals surface area contributed by atoms with E-state index in [0.717, 1.165) is 11.3 Å². The molecule has 0 spiro atoms. The fraction of sp³-hybridized carbons (Fsp3) is 0.357. The molecule has 1 atom stereocenters. The Labute approximate surface area is 120 Å². The summed E-state index contributed by atoms with van der Waals surface area (Å²) in [6, 6.07) is 5.01. The molecule has 5 heteroatoms. The predicted octanol–water partition coefficient (Wildman–Crippen LogP) is 3.64. The second-order valence-electron chi connectivity index (χ2n) is 4.79. The quantitative estimate of drug-likeness (QED) is 0.931. The fourth-order valence-electron chi connectivity index (χ4n) is 2.00. The minimum absolute atomic E-state index is 0.243. The number of rotatable bonds is 4. The van der Waals surface area contributed by atoms with Gasteiger partial charge in [0, 0.05) is 12.5 Å². The van der Waals surface area contributed by atoms with E-state index in [1.54, 1.807) is 24.7 Å². The second-order valence-corrected chi connectivity index (χ2v) is 5.64. The van der Waals surface area contributed by atoms with Crippen LogP contribution in [0.15, 0.2) is 35.2 Å². The van der Waals surface area contributed by atoms with Crippen LogP contribution >= 0.6 is 15.9 Å². The van der Waals surface area contributed by atoms with Crippen molar-refractivity contribution in [1.29, 1.82) is 0 Å². The van der Waals surface area contributed by atoms with Gasteiger partial charge in [-0.3, -0.25) is 0 Å². The van der Waals surface area contributed by atoms with Gasteiger partial charge in [-0.2, -0.15) is 0 Å². The van der Waals surface area contributed by atoms with Gasteiger partial charge in [0.1, 0.15) is 5.82 Å². The van der Waals surface area contributed by atoms with Crippen molar-refractivity contribution < 1.29 is 9.50 Å². The Morgan fingerprint density at radius 3 is 2.79 bits per heavy atom. The first-order chi connectivity index (χ1) is 8.99. The highest BCUT2D eigenvalue weighted by atomic mass is 79.9. The molecule has 0 aliphatic carbocycles. The van der Waals surface area contributed by atoms with E-state index in [2.05, 4.69) is 20.9 Å². The lowest BCUT2D eigenvalue weighted by molar-refractivity contribution is 0.167. The van der Waals surface area contributed by atoms with Gasteiger partial charge in [0.15, 0.2) is 0 Å². The maximum atomic E-state index is 13.2. The average molecular weight is 327 g/mol. The van der Waals surface area contributed by atoms with Crippen molar-refractivity contribution in [2.24, 2.45) is 0 Å². The van der Waals surface area contributed by atoms with Crippen molar-refractivity contribution in [2.45, 2.75) is 32.4 Å². The van der Waals surface area contributed by atoms with Crippen LogP contribution in [0, 0.1) is 5.82 Å². The highest BCUT2D eigenvalue weighted by molar-refractivity contribution is 9.10. The molecular formula is C14H16BrFN2O. The van der Waals surface area contributed by atoms with E-state index in [-0.39, 0.29) is 11.9 Å². The third kappa shape index (κ3) is 3.22. The van der Waals surface area contributed by atoms with Crippen LogP contribution in [0.4, 0.5) is 4.39 Å². The van der Waals surface area contributed by atoms with Crippen LogP contribution in [0.3, 0.4) is 0 Å². The zero-order valence-electron chi connectivity index (χ0n) is 10.8. The lowest BCUT2D eigenvalue weighted by atomic mass is 10.1. The molecule has 1 aromatic heterocycles. The molecule has 2 rings (SSSR count). The summed E-state index contributed by atoms with van der Waals surface area (Å²) in [5.74, 6) is -0.300. The van der Waals surface area contributed by atoms with Crippen LogP contribution in [0.5, 0.6) is 0 Å². The summed E-state index contributed by atoms with van der Waals surface area (Å²) in [6.45, 7) is 4.07. The number of imidazole rings is 1. The number of halogens is 2. The number of benzene rings is 1. The Bertz CT molecular complexity index is 568. The van der Waals surface area contributed by atoms with E-state index in [1.807, 2.05) is 18.4 Å². The molecule has 1 N–H and O–H groups in total. The second kappa shape index (κ2) is 5.84. The maximum absolute atomic E-state index is 13.2. The van der Waals surface area contributed by atoms with Crippen LogP contribution in [0.25, 0.3) is 0 Å². The van der Waals surface area contributed by atoms with Crippen LogP contribution in [-0.4, -0.2) is 14.7 Å². The molecular weight excluding hydrogens is 311 g/mol. The molecule has 0 amide bonds. The molecule has 0 bridgehead atoms. The van der Waals surface area contributed by atoms with Crippen LogP contribution in [0.2, 0.25) is 0 Å². The molecule has 0 aliphatic rings. The fourth-order valence-corrected chi connectivity index (χ4v) is 2.43. The number of hydrogen-bond donors (Lipinski definition) is 1. The Kier molecular flexibility index (Phi) is 4.37. The lowest BCUT2D eigenvalue weighted by Crippen LogP contribution is -2.11. The highest BCUT2D eigenvalue weighted by Crippen LogP contribution is 2.23. The summed E-state index contributed by atoms with van der Waals surface area (Å²) in [6.07, 6.45) is 3.16. The van der Waals surface area contributed by atoms with Crippen LogP contribution in [0.1, 0.15) is 37.3 Å². The summed E-state index contributed by atoms with van der Waals surface area (Å²) in [4.78, 5) is 4.07. The van der Waals surface area contributed by atoms with Gasteiger partial charge in [0.2, 0.25) is 0 Å². The molecule has 1 unspecified atom stereocenters. The molecule has 0 fully saturated rings. The van der Waals surface area contributed by atoms with Crippen LogP contribution in [-0.2, 0) is 6.42 Å². The first-order valence-electron chi connectivity index (χ1n) is 6.12. The minimum atomic E-state index is -0.651. The smallest absolute Gasteiger partial charge is 0.137 e. The standard InChI is InChI=1S/C14H16BrFN2O/c1-9(2)18-8-17-7-13(18)14(19)6-10-3-4-12(16)11(15)5-10/h3-5,7-9,14,19H,6H2,1-2H3. The number of hydrogen-bond acceptors (Lipinski definition) is 2. The molecule has 0 saturated carbocycles. The first kappa shape index (κ1) is 14.2. The van der Waals surface area contributed by atoms with Gasteiger partial charge >= 0.3 is 0 Å². The van der Waals surface area contributed by atoms with Gasteiger partial charge in [-0.05, 0) is 47.5 Å². The highest BCUT2D eigenvalue weighted by Gasteiger charge is 2.15. The Morgan fingerprint density at radius 2 is 2.16 bits per heavy atom. The van der Waals surface area contributed by atoms with Crippen molar-refractivity contribution in [3.8, 4) is 0 Å². The van der Waals surface area contributed by atoms with E-state index in [1.165, 1.54) is 6.07 Å². The minimum Gasteiger partial charge on any atom is -0.386 e. The van der Waals surface area contributed by atoms with E-state index in [9.17, 15) is 9.50 Å². The van der Waals surface area contributed by atoms with Crippen molar-refractivity contribution in [3.63, 3.8) is 0 Å². The van der Waals surface area contributed by atoms with Crippen molar-refractivity contribution in [1.82, 2.24) is 9.55 Å². The van der Waals surface area contributed by atoms with Gasteiger partial charge < -0.3 is 9.67 Å². The predicted molar refractivity (Wildman–Crippen MR) is 75.4 cm³/mol. The van der Waals surface area contributed by atoms with Gasteiger partial charge in [0.25, 0.3) is 0 Å². The Hall–Kier alpha value is -1.20. The third-order valence-corrected chi connectivity index (χ3v) is 3.61. The monoisotopic (exact) mass is 326 g/mol. The van der Waals surface area contributed by atoms with Gasteiger partial charge in [-0.25, -0.2) is 9.37 Å². The zero-order chi connectivity index (χ0) is 14.0. The van der Waals surface area contributed by atoms with Gasteiger partial charge in [0.05, 0.1) is 28.8 Å². The van der Waals surface area contributed by atoms with Crippen molar-refractivity contribution in [2.75, 3.05) is 0 Å². The SMILES string of the molecule is CC(C)n1cncc1C(O)Cc1ccc(F)c(Br)c1. The molecule has 1 aromatic carbocycles. The zero-order valence-corrected chi connectivity index (χ0v) is 12.4. The molecule has 3 nitrogen and oxygen atoms in total. The molecule has 2 aromatic rings. The molecule has 1 heterocycles. The van der Waals surface area contributed by atoms with E-state index < -0.39 is 6.10 Å². The first-order valence-corrected chi connectivity index (χ1v) is 6.92. The van der Waals surface area contributed by atoms with Gasteiger partial charge in [-0.15, -0.1) is 0 Å². The van der Waals surface area contributed by atoms with E-state index in [0.29, 0.717) is 10.9 Å². The maximum Gasteiger partial charge on any atom is 0.137 e. The number of aromatic nitrogens is 2. The third-order valence-electron chi connectivity index (χ3n) is 3.01. The normalized spacial score (nSPS) is 12.9. The molecule has 0 aliphatic heterocycles.